The Kier molecular flexibility index (Phi) is 2.49. The number of fused-ring (bicyclic) bond motifs is 1. The molecule has 1 aliphatic rings. The van der Waals surface area contributed by atoms with Gasteiger partial charge >= 0.3 is 0 Å². The summed E-state index contributed by atoms with van der Waals surface area (Å²) in [5.74, 6) is 2.23. The van der Waals surface area contributed by atoms with Crippen LogP contribution >= 0.6 is 0 Å². The lowest BCUT2D eigenvalue weighted by Crippen LogP contribution is -2.16. The molecule has 3 heterocycles. The Morgan fingerprint density at radius 3 is 3.18 bits per heavy atom. The molecular formula is C11H13N5O. The van der Waals surface area contributed by atoms with Gasteiger partial charge in [0.1, 0.15) is 18.1 Å². The van der Waals surface area contributed by atoms with Crippen molar-refractivity contribution in [2.45, 2.75) is 13.5 Å². The molecule has 0 unspecified atom stereocenters. The van der Waals surface area contributed by atoms with Gasteiger partial charge in [-0.2, -0.15) is 4.98 Å². The van der Waals surface area contributed by atoms with Crippen molar-refractivity contribution in [2.75, 3.05) is 13.2 Å². The molecule has 1 aliphatic heterocycles. The number of rotatable bonds is 1. The van der Waals surface area contributed by atoms with E-state index in [0.717, 1.165) is 23.9 Å². The molecule has 2 aromatic rings. The molecule has 0 aromatic carbocycles. The SMILES string of the molecule is Cc1nccn1-c1cnc2c(n1)OCCNC2. The van der Waals surface area contributed by atoms with E-state index in [-0.39, 0.29) is 0 Å². The highest BCUT2D eigenvalue weighted by Crippen LogP contribution is 2.17. The van der Waals surface area contributed by atoms with Crippen molar-refractivity contribution in [3.8, 4) is 11.7 Å². The molecule has 6 heteroatoms. The molecule has 0 saturated heterocycles. The summed E-state index contributed by atoms with van der Waals surface area (Å²) in [4.78, 5) is 13.0. The molecule has 0 aliphatic carbocycles. The van der Waals surface area contributed by atoms with Gasteiger partial charge in [-0.15, -0.1) is 0 Å². The van der Waals surface area contributed by atoms with Gasteiger partial charge in [-0.25, -0.2) is 4.98 Å². The zero-order valence-corrected chi connectivity index (χ0v) is 9.55. The maximum Gasteiger partial charge on any atom is 0.239 e. The zero-order valence-electron chi connectivity index (χ0n) is 9.55. The number of aryl methyl sites for hydroxylation is 1. The fourth-order valence-electron chi connectivity index (χ4n) is 1.79. The van der Waals surface area contributed by atoms with Crippen LogP contribution in [-0.2, 0) is 6.54 Å². The van der Waals surface area contributed by atoms with E-state index in [4.69, 9.17) is 4.74 Å². The molecule has 0 amide bonds. The summed E-state index contributed by atoms with van der Waals surface area (Å²) in [6.07, 6.45) is 5.34. The van der Waals surface area contributed by atoms with Gasteiger partial charge in [0.25, 0.3) is 0 Å². The van der Waals surface area contributed by atoms with Gasteiger partial charge in [0.15, 0.2) is 5.82 Å². The molecular weight excluding hydrogens is 218 g/mol. The van der Waals surface area contributed by atoms with Crippen molar-refractivity contribution >= 4 is 0 Å². The minimum atomic E-state index is 0.612. The highest BCUT2D eigenvalue weighted by Gasteiger charge is 2.13. The van der Waals surface area contributed by atoms with Crippen molar-refractivity contribution in [1.29, 1.82) is 0 Å². The predicted molar refractivity (Wildman–Crippen MR) is 61.1 cm³/mol. The summed E-state index contributed by atoms with van der Waals surface area (Å²) in [7, 11) is 0. The topological polar surface area (TPSA) is 64.9 Å². The molecule has 1 N–H and O–H groups in total. The Morgan fingerprint density at radius 2 is 2.35 bits per heavy atom. The van der Waals surface area contributed by atoms with E-state index in [1.165, 1.54) is 0 Å². The summed E-state index contributed by atoms with van der Waals surface area (Å²) in [6.45, 7) is 4.06. The Hall–Kier alpha value is -1.95. The lowest BCUT2D eigenvalue weighted by Gasteiger charge is -2.08. The van der Waals surface area contributed by atoms with Crippen LogP contribution in [0, 0.1) is 6.92 Å². The molecule has 88 valence electrons. The van der Waals surface area contributed by atoms with E-state index in [0.29, 0.717) is 19.0 Å². The standard InChI is InChI=1S/C11H13N5O/c1-8-13-2-4-16(8)10-7-14-9-6-12-3-5-17-11(9)15-10/h2,4,7,12H,3,5-6H2,1H3. The van der Waals surface area contributed by atoms with Crippen LogP contribution in [0.5, 0.6) is 5.88 Å². The van der Waals surface area contributed by atoms with E-state index < -0.39 is 0 Å². The Morgan fingerprint density at radius 1 is 1.41 bits per heavy atom. The first-order valence-electron chi connectivity index (χ1n) is 5.54. The van der Waals surface area contributed by atoms with Crippen molar-refractivity contribution in [2.24, 2.45) is 0 Å². The van der Waals surface area contributed by atoms with Gasteiger partial charge in [-0.1, -0.05) is 0 Å². The lowest BCUT2D eigenvalue weighted by molar-refractivity contribution is 0.312. The molecule has 3 rings (SSSR count). The normalized spacial score (nSPS) is 14.9. The van der Waals surface area contributed by atoms with Gasteiger partial charge in [0.2, 0.25) is 5.88 Å². The summed E-state index contributed by atoms with van der Waals surface area (Å²) >= 11 is 0. The highest BCUT2D eigenvalue weighted by molar-refractivity contribution is 5.29. The van der Waals surface area contributed by atoms with Gasteiger partial charge in [-0.05, 0) is 6.92 Å². The van der Waals surface area contributed by atoms with Crippen molar-refractivity contribution in [3.05, 3.63) is 30.1 Å². The van der Waals surface area contributed by atoms with Crippen molar-refractivity contribution in [1.82, 2.24) is 24.8 Å². The summed E-state index contributed by atoms with van der Waals surface area (Å²) in [5, 5.41) is 3.22. The number of hydrogen-bond acceptors (Lipinski definition) is 5. The van der Waals surface area contributed by atoms with Crippen LogP contribution in [0.15, 0.2) is 18.6 Å². The fraction of sp³-hybridized carbons (Fsp3) is 0.364. The first-order chi connectivity index (χ1) is 8.34. The van der Waals surface area contributed by atoms with Crippen LogP contribution in [-0.4, -0.2) is 32.7 Å². The molecule has 17 heavy (non-hydrogen) atoms. The third-order valence-electron chi connectivity index (χ3n) is 2.68. The highest BCUT2D eigenvalue weighted by atomic mass is 16.5. The van der Waals surface area contributed by atoms with Crippen LogP contribution in [0.3, 0.4) is 0 Å². The Bertz CT molecular complexity index is 536. The largest absolute Gasteiger partial charge is 0.475 e. The fourth-order valence-corrected chi connectivity index (χ4v) is 1.79. The predicted octanol–water partition coefficient (Wildman–Crippen LogP) is 0.453. The molecule has 0 atom stereocenters. The van der Waals surface area contributed by atoms with Crippen LogP contribution in [0.1, 0.15) is 11.5 Å². The lowest BCUT2D eigenvalue weighted by atomic mass is 10.4. The second-order valence-electron chi connectivity index (χ2n) is 3.85. The maximum atomic E-state index is 5.56. The van der Waals surface area contributed by atoms with E-state index in [1.807, 2.05) is 17.7 Å². The van der Waals surface area contributed by atoms with Gasteiger partial charge in [0.05, 0.1) is 6.20 Å². The van der Waals surface area contributed by atoms with Gasteiger partial charge in [0, 0.05) is 25.5 Å². The number of nitrogens with zero attached hydrogens (tertiary/aromatic N) is 4. The monoisotopic (exact) mass is 231 g/mol. The number of ether oxygens (including phenoxy) is 1. The quantitative estimate of drug-likeness (QED) is 0.772. The minimum absolute atomic E-state index is 0.612. The smallest absolute Gasteiger partial charge is 0.239 e. The average Bonchev–Trinajstić information content (AvgIpc) is 2.64. The second-order valence-corrected chi connectivity index (χ2v) is 3.85. The van der Waals surface area contributed by atoms with Crippen LogP contribution in [0.4, 0.5) is 0 Å². The number of imidazole rings is 1. The molecule has 0 radical (unpaired) electrons. The van der Waals surface area contributed by atoms with Gasteiger partial charge < -0.3 is 10.1 Å². The first kappa shape index (κ1) is 10.2. The Labute approximate surface area is 98.7 Å². The molecule has 0 bridgehead atoms. The molecule has 0 saturated carbocycles. The summed E-state index contributed by atoms with van der Waals surface area (Å²) < 4.78 is 7.44. The van der Waals surface area contributed by atoms with E-state index in [2.05, 4.69) is 20.3 Å². The maximum absolute atomic E-state index is 5.56. The van der Waals surface area contributed by atoms with Crippen molar-refractivity contribution in [3.63, 3.8) is 0 Å². The molecule has 0 spiro atoms. The van der Waals surface area contributed by atoms with Crippen LogP contribution in [0.2, 0.25) is 0 Å². The summed E-state index contributed by atoms with van der Waals surface area (Å²) in [5.41, 5.74) is 0.851. The minimum Gasteiger partial charge on any atom is -0.475 e. The third-order valence-corrected chi connectivity index (χ3v) is 2.68. The van der Waals surface area contributed by atoms with Crippen molar-refractivity contribution < 1.29 is 4.74 Å². The second kappa shape index (κ2) is 4.14. The number of aromatic nitrogens is 4. The van der Waals surface area contributed by atoms with Crippen LogP contribution in [0.25, 0.3) is 5.82 Å². The zero-order chi connectivity index (χ0) is 11.7. The summed E-state index contributed by atoms with van der Waals surface area (Å²) in [6, 6.07) is 0. The average molecular weight is 231 g/mol. The van der Waals surface area contributed by atoms with Crippen LogP contribution < -0.4 is 10.1 Å². The van der Waals surface area contributed by atoms with E-state index >= 15 is 0 Å². The molecule has 2 aromatic heterocycles. The van der Waals surface area contributed by atoms with E-state index in [9.17, 15) is 0 Å². The van der Waals surface area contributed by atoms with E-state index in [1.54, 1.807) is 12.4 Å². The number of nitrogens with one attached hydrogen (secondary N) is 1. The third kappa shape index (κ3) is 1.87. The van der Waals surface area contributed by atoms with Gasteiger partial charge in [-0.3, -0.25) is 9.55 Å². The Balaban J connectivity index is 2.03. The number of hydrogen-bond donors (Lipinski definition) is 1. The first-order valence-corrected chi connectivity index (χ1v) is 5.54. The molecule has 0 fully saturated rings. The molecule has 6 nitrogen and oxygen atoms in total.